The number of aryl methyl sites for hydroxylation is 2. The summed E-state index contributed by atoms with van der Waals surface area (Å²) in [7, 11) is 1.60. The largest absolute Gasteiger partial charge is 0.377 e. The summed E-state index contributed by atoms with van der Waals surface area (Å²) in [5.74, 6) is -0.166. The summed E-state index contributed by atoms with van der Waals surface area (Å²) in [6, 6.07) is 8.04. The van der Waals surface area contributed by atoms with Crippen molar-refractivity contribution in [3.05, 3.63) is 40.5 Å². The number of fused-ring (bicyclic) bond motifs is 1. The number of carbonyl (C=O) groups excluding carboxylic acids is 1. The van der Waals surface area contributed by atoms with Crippen LogP contribution in [0.4, 0.5) is 5.13 Å². The van der Waals surface area contributed by atoms with Gasteiger partial charge in [0.15, 0.2) is 0 Å². The summed E-state index contributed by atoms with van der Waals surface area (Å²) in [6.07, 6.45) is 0. The molecule has 7 heteroatoms. The lowest BCUT2D eigenvalue weighted by Crippen LogP contribution is -2.17. The van der Waals surface area contributed by atoms with E-state index < -0.39 is 0 Å². The van der Waals surface area contributed by atoms with Crippen molar-refractivity contribution >= 4 is 33.3 Å². The number of ether oxygens (including phenoxy) is 1. The second-order valence-corrected chi connectivity index (χ2v) is 6.19. The molecular formula is C16H18N4O2S. The van der Waals surface area contributed by atoms with Gasteiger partial charge in [0.1, 0.15) is 17.3 Å². The number of rotatable bonds is 5. The van der Waals surface area contributed by atoms with Gasteiger partial charge in [-0.1, -0.05) is 29.5 Å². The molecule has 0 aliphatic carbocycles. The van der Waals surface area contributed by atoms with Crippen LogP contribution in [0.1, 0.15) is 28.0 Å². The van der Waals surface area contributed by atoms with Crippen molar-refractivity contribution < 1.29 is 9.53 Å². The number of para-hydroxylation sites is 1. The summed E-state index contributed by atoms with van der Waals surface area (Å²) in [4.78, 5) is 12.7. The molecule has 1 aromatic carbocycles. The molecule has 1 amide bonds. The first-order chi connectivity index (χ1) is 11.2. The zero-order valence-electron chi connectivity index (χ0n) is 13.3. The molecule has 0 unspecified atom stereocenters. The molecule has 0 bridgehead atoms. The summed E-state index contributed by atoms with van der Waals surface area (Å²) < 4.78 is 7.04. The molecule has 3 aromatic rings. The molecule has 23 heavy (non-hydrogen) atoms. The molecule has 1 N–H and O–H groups in total. The predicted octanol–water partition coefficient (Wildman–Crippen LogP) is 3.22. The number of nitrogens with zero attached hydrogens (tertiary/aromatic N) is 3. The van der Waals surface area contributed by atoms with Crippen LogP contribution in [-0.4, -0.2) is 27.8 Å². The Hall–Kier alpha value is -2.25. The Balaban J connectivity index is 1.95. The van der Waals surface area contributed by atoms with E-state index in [4.69, 9.17) is 4.74 Å². The molecule has 0 saturated carbocycles. The topological polar surface area (TPSA) is 69.0 Å². The summed E-state index contributed by atoms with van der Waals surface area (Å²) in [5.41, 5.74) is 2.70. The van der Waals surface area contributed by atoms with Gasteiger partial charge in [0.25, 0.3) is 5.91 Å². The van der Waals surface area contributed by atoms with Gasteiger partial charge < -0.3 is 9.30 Å². The third-order valence-corrected chi connectivity index (χ3v) is 4.52. The summed E-state index contributed by atoms with van der Waals surface area (Å²) in [5, 5.41) is 13.1. The molecule has 0 fully saturated rings. The molecular weight excluding hydrogens is 312 g/mol. The van der Waals surface area contributed by atoms with Crippen molar-refractivity contribution in [3.8, 4) is 0 Å². The fraction of sp³-hybridized carbons (Fsp3) is 0.312. The minimum absolute atomic E-state index is 0.166. The van der Waals surface area contributed by atoms with Gasteiger partial charge in [-0.2, -0.15) is 0 Å². The van der Waals surface area contributed by atoms with E-state index >= 15 is 0 Å². The Morgan fingerprint density at radius 3 is 2.87 bits per heavy atom. The third-order valence-electron chi connectivity index (χ3n) is 3.71. The number of aromatic nitrogens is 3. The lowest BCUT2D eigenvalue weighted by molar-refractivity contribution is 0.101. The van der Waals surface area contributed by atoms with Crippen LogP contribution in [0, 0.1) is 6.92 Å². The van der Waals surface area contributed by atoms with Gasteiger partial charge in [-0.15, -0.1) is 10.2 Å². The highest BCUT2D eigenvalue weighted by Gasteiger charge is 2.20. The smallest absolute Gasteiger partial charge is 0.274 e. The maximum Gasteiger partial charge on any atom is 0.274 e. The molecule has 2 heterocycles. The molecule has 0 aliphatic rings. The van der Waals surface area contributed by atoms with Gasteiger partial charge in [0.2, 0.25) is 5.13 Å². The zero-order valence-corrected chi connectivity index (χ0v) is 14.1. The highest BCUT2D eigenvalue weighted by atomic mass is 32.1. The van der Waals surface area contributed by atoms with Gasteiger partial charge >= 0.3 is 0 Å². The molecule has 3 rings (SSSR count). The van der Waals surface area contributed by atoms with Crippen molar-refractivity contribution in [2.24, 2.45) is 0 Å². The van der Waals surface area contributed by atoms with Crippen LogP contribution >= 0.6 is 11.3 Å². The second kappa shape index (κ2) is 6.47. The van der Waals surface area contributed by atoms with E-state index in [1.54, 1.807) is 7.11 Å². The Bertz CT molecular complexity index is 853. The number of carbonyl (C=O) groups is 1. The van der Waals surface area contributed by atoms with E-state index in [9.17, 15) is 4.79 Å². The Labute approximate surface area is 138 Å². The van der Waals surface area contributed by atoms with Gasteiger partial charge in [-0.3, -0.25) is 10.1 Å². The molecule has 0 radical (unpaired) electrons. The average molecular weight is 330 g/mol. The minimum Gasteiger partial charge on any atom is -0.377 e. The molecule has 6 nitrogen and oxygen atoms in total. The first kappa shape index (κ1) is 15.6. The lowest BCUT2D eigenvalue weighted by Gasteiger charge is -2.08. The first-order valence-corrected chi connectivity index (χ1v) is 8.17. The van der Waals surface area contributed by atoms with Crippen molar-refractivity contribution in [2.45, 2.75) is 27.0 Å². The number of methoxy groups -OCH3 is 1. The Morgan fingerprint density at radius 2 is 2.13 bits per heavy atom. The third kappa shape index (κ3) is 2.85. The Kier molecular flexibility index (Phi) is 4.40. The van der Waals surface area contributed by atoms with Gasteiger partial charge in [-0.25, -0.2) is 0 Å². The zero-order chi connectivity index (χ0) is 16.4. The fourth-order valence-corrected chi connectivity index (χ4v) is 3.45. The van der Waals surface area contributed by atoms with Gasteiger partial charge in [0.05, 0.1) is 0 Å². The second-order valence-electron chi connectivity index (χ2n) is 5.12. The number of anilines is 1. The highest BCUT2D eigenvalue weighted by molar-refractivity contribution is 7.15. The number of nitrogens with one attached hydrogen (secondary N) is 1. The van der Waals surface area contributed by atoms with E-state index in [1.807, 2.05) is 42.7 Å². The monoisotopic (exact) mass is 330 g/mol. The molecule has 0 saturated heterocycles. The summed E-state index contributed by atoms with van der Waals surface area (Å²) >= 11 is 1.32. The molecule has 120 valence electrons. The number of benzene rings is 1. The summed E-state index contributed by atoms with van der Waals surface area (Å²) in [6.45, 7) is 5.12. The van der Waals surface area contributed by atoms with Crippen molar-refractivity contribution in [1.29, 1.82) is 0 Å². The Morgan fingerprint density at radius 1 is 1.35 bits per heavy atom. The van der Waals surface area contributed by atoms with Crippen LogP contribution in [0.25, 0.3) is 10.9 Å². The number of hydrogen-bond donors (Lipinski definition) is 1. The number of amides is 1. The van der Waals surface area contributed by atoms with Crippen LogP contribution in [0.15, 0.2) is 24.3 Å². The maximum atomic E-state index is 12.7. The van der Waals surface area contributed by atoms with Crippen LogP contribution in [0.2, 0.25) is 0 Å². The van der Waals surface area contributed by atoms with E-state index in [0.29, 0.717) is 17.4 Å². The van der Waals surface area contributed by atoms with Gasteiger partial charge in [0, 0.05) is 24.6 Å². The van der Waals surface area contributed by atoms with Crippen LogP contribution in [0.3, 0.4) is 0 Å². The number of hydrogen-bond acceptors (Lipinski definition) is 5. The molecule has 0 spiro atoms. The van der Waals surface area contributed by atoms with Crippen LogP contribution < -0.4 is 5.32 Å². The fourth-order valence-electron chi connectivity index (χ4n) is 2.74. The normalized spacial score (nSPS) is 11.1. The quantitative estimate of drug-likeness (QED) is 0.780. The average Bonchev–Trinajstić information content (AvgIpc) is 3.10. The van der Waals surface area contributed by atoms with E-state index in [2.05, 4.69) is 15.5 Å². The van der Waals surface area contributed by atoms with Crippen LogP contribution in [-0.2, 0) is 17.9 Å². The minimum atomic E-state index is -0.166. The van der Waals surface area contributed by atoms with Crippen molar-refractivity contribution in [3.63, 3.8) is 0 Å². The van der Waals surface area contributed by atoms with E-state index in [0.717, 1.165) is 28.0 Å². The van der Waals surface area contributed by atoms with E-state index in [-0.39, 0.29) is 5.91 Å². The SMILES string of the molecule is CCn1c(C(=O)Nc2nnc(COC)s2)c(C)c2ccccc21. The van der Waals surface area contributed by atoms with Crippen molar-refractivity contribution in [1.82, 2.24) is 14.8 Å². The molecule has 0 atom stereocenters. The predicted molar refractivity (Wildman–Crippen MR) is 90.9 cm³/mol. The van der Waals surface area contributed by atoms with Gasteiger partial charge in [-0.05, 0) is 25.5 Å². The van der Waals surface area contributed by atoms with Crippen LogP contribution in [0.5, 0.6) is 0 Å². The maximum absolute atomic E-state index is 12.7. The van der Waals surface area contributed by atoms with E-state index in [1.165, 1.54) is 11.3 Å². The molecule has 0 aliphatic heterocycles. The highest BCUT2D eigenvalue weighted by Crippen LogP contribution is 2.26. The first-order valence-electron chi connectivity index (χ1n) is 7.36. The molecule has 2 aromatic heterocycles. The standard InChI is InChI=1S/C16H18N4O2S/c1-4-20-12-8-6-5-7-11(12)10(2)14(20)15(21)17-16-19-18-13(23-16)9-22-3/h5-8H,4,9H2,1-3H3,(H,17,19,21). The van der Waals surface area contributed by atoms with Crippen molar-refractivity contribution in [2.75, 3.05) is 12.4 Å². The lowest BCUT2D eigenvalue weighted by atomic mass is 10.1.